The fourth-order valence-corrected chi connectivity index (χ4v) is 2.76. The smallest absolute Gasteiger partial charge is 0.156 e. The van der Waals surface area contributed by atoms with Crippen LogP contribution >= 0.6 is 11.3 Å². The molecule has 0 spiro atoms. The third-order valence-corrected chi connectivity index (χ3v) is 3.89. The summed E-state index contributed by atoms with van der Waals surface area (Å²) in [6, 6.07) is 8.14. The molecule has 0 atom stereocenters. The van der Waals surface area contributed by atoms with E-state index in [4.69, 9.17) is 0 Å². The molecular formula is C14H13N3S. The van der Waals surface area contributed by atoms with E-state index in [1.165, 1.54) is 11.1 Å². The van der Waals surface area contributed by atoms with Gasteiger partial charge in [0.25, 0.3) is 0 Å². The van der Waals surface area contributed by atoms with Gasteiger partial charge in [-0.3, -0.25) is 0 Å². The van der Waals surface area contributed by atoms with Crippen LogP contribution in [-0.2, 0) is 6.54 Å². The fraction of sp³-hybridized carbons (Fsp3) is 0.143. The second-order valence-electron chi connectivity index (χ2n) is 4.21. The van der Waals surface area contributed by atoms with Crippen molar-refractivity contribution in [1.82, 2.24) is 10.2 Å². The Bertz CT molecular complexity index is 670. The molecule has 0 saturated heterocycles. The largest absolute Gasteiger partial charge is 0.364 e. The minimum Gasteiger partial charge on any atom is -0.364 e. The minimum atomic E-state index is 0.790. The van der Waals surface area contributed by atoms with Crippen LogP contribution in [0.1, 0.15) is 11.1 Å². The van der Waals surface area contributed by atoms with Crippen LogP contribution in [0.25, 0.3) is 10.8 Å². The normalized spacial score (nSPS) is 10.7. The Hall–Kier alpha value is -1.94. The average molecular weight is 255 g/mol. The van der Waals surface area contributed by atoms with Gasteiger partial charge in [0.05, 0.1) is 6.20 Å². The Balaban J connectivity index is 1.89. The SMILES string of the molecule is Cc1cscc1CNc1nncc2ccccc12. The average Bonchev–Trinajstić information content (AvgIpc) is 2.82. The summed E-state index contributed by atoms with van der Waals surface area (Å²) in [5.41, 5.74) is 2.63. The highest BCUT2D eigenvalue weighted by atomic mass is 32.1. The molecule has 18 heavy (non-hydrogen) atoms. The molecule has 2 heterocycles. The van der Waals surface area contributed by atoms with Gasteiger partial charge in [-0.1, -0.05) is 24.3 Å². The molecule has 0 bridgehead atoms. The number of benzene rings is 1. The maximum atomic E-state index is 4.18. The Morgan fingerprint density at radius 2 is 2.11 bits per heavy atom. The van der Waals surface area contributed by atoms with E-state index in [-0.39, 0.29) is 0 Å². The zero-order valence-corrected chi connectivity index (χ0v) is 10.9. The van der Waals surface area contributed by atoms with E-state index in [0.717, 1.165) is 23.1 Å². The van der Waals surface area contributed by atoms with E-state index in [0.29, 0.717) is 0 Å². The highest BCUT2D eigenvalue weighted by molar-refractivity contribution is 7.08. The molecule has 3 aromatic rings. The maximum Gasteiger partial charge on any atom is 0.156 e. The number of hydrogen-bond acceptors (Lipinski definition) is 4. The second-order valence-corrected chi connectivity index (χ2v) is 4.96. The molecule has 0 aliphatic rings. The molecule has 4 heteroatoms. The molecule has 0 fully saturated rings. The van der Waals surface area contributed by atoms with Crippen molar-refractivity contribution in [3.63, 3.8) is 0 Å². The van der Waals surface area contributed by atoms with Crippen molar-refractivity contribution in [3.8, 4) is 0 Å². The van der Waals surface area contributed by atoms with Crippen LogP contribution in [0, 0.1) is 6.92 Å². The molecule has 90 valence electrons. The molecule has 3 nitrogen and oxygen atoms in total. The predicted molar refractivity (Wildman–Crippen MR) is 75.9 cm³/mol. The highest BCUT2D eigenvalue weighted by Crippen LogP contribution is 2.21. The van der Waals surface area contributed by atoms with E-state index in [1.54, 1.807) is 17.5 Å². The van der Waals surface area contributed by atoms with Crippen molar-refractivity contribution in [3.05, 3.63) is 52.3 Å². The predicted octanol–water partition coefficient (Wildman–Crippen LogP) is 3.61. The number of hydrogen-bond donors (Lipinski definition) is 1. The van der Waals surface area contributed by atoms with Gasteiger partial charge >= 0.3 is 0 Å². The number of thiophene rings is 1. The van der Waals surface area contributed by atoms with E-state index in [1.807, 2.05) is 18.2 Å². The van der Waals surface area contributed by atoms with Crippen molar-refractivity contribution in [2.75, 3.05) is 5.32 Å². The lowest BCUT2D eigenvalue weighted by atomic mass is 10.2. The summed E-state index contributed by atoms with van der Waals surface area (Å²) in [6.45, 7) is 2.92. The van der Waals surface area contributed by atoms with Gasteiger partial charge in [-0.25, -0.2) is 0 Å². The van der Waals surface area contributed by atoms with Crippen LogP contribution in [0.15, 0.2) is 41.2 Å². The number of nitrogens with zero attached hydrogens (tertiary/aromatic N) is 2. The monoisotopic (exact) mass is 255 g/mol. The van der Waals surface area contributed by atoms with Gasteiger partial charge in [0, 0.05) is 17.3 Å². The van der Waals surface area contributed by atoms with Gasteiger partial charge in [-0.2, -0.15) is 16.4 Å². The summed E-state index contributed by atoms with van der Waals surface area (Å²) in [4.78, 5) is 0. The summed E-state index contributed by atoms with van der Waals surface area (Å²) < 4.78 is 0. The summed E-state index contributed by atoms with van der Waals surface area (Å²) in [5, 5.41) is 18.1. The zero-order valence-electron chi connectivity index (χ0n) is 10.1. The number of anilines is 1. The molecule has 0 aliphatic heterocycles. The third-order valence-electron chi connectivity index (χ3n) is 2.98. The molecule has 0 radical (unpaired) electrons. The first-order chi connectivity index (χ1) is 8.84. The first-order valence-corrected chi connectivity index (χ1v) is 6.75. The fourth-order valence-electron chi connectivity index (χ4n) is 1.91. The van der Waals surface area contributed by atoms with Crippen molar-refractivity contribution in [2.24, 2.45) is 0 Å². The lowest BCUT2D eigenvalue weighted by molar-refractivity contribution is 1.01. The van der Waals surface area contributed by atoms with E-state index < -0.39 is 0 Å². The standard InChI is InChI=1S/C14H13N3S/c1-10-8-18-9-12(10)6-15-14-13-5-3-2-4-11(13)7-16-17-14/h2-5,7-9H,6H2,1H3,(H,15,17). The van der Waals surface area contributed by atoms with Gasteiger partial charge in [0.2, 0.25) is 0 Å². The van der Waals surface area contributed by atoms with Crippen LogP contribution in [0.5, 0.6) is 0 Å². The topological polar surface area (TPSA) is 37.8 Å². The van der Waals surface area contributed by atoms with E-state index >= 15 is 0 Å². The maximum absolute atomic E-state index is 4.18. The second kappa shape index (κ2) is 4.74. The first-order valence-electron chi connectivity index (χ1n) is 5.80. The molecule has 0 unspecified atom stereocenters. The van der Waals surface area contributed by atoms with E-state index in [2.05, 4.69) is 39.3 Å². The molecule has 0 saturated carbocycles. The Labute approximate surface area is 109 Å². The van der Waals surface area contributed by atoms with Crippen LogP contribution in [-0.4, -0.2) is 10.2 Å². The Morgan fingerprint density at radius 3 is 2.94 bits per heavy atom. The van der Waals surface area contributed by atoms with Gasteiger partial charge in [-0.15, -0.1) is 5.10 Å². The molecule has 0 aliphatic carbocycles. The zero-order chi connectivity index (χ0) is 12.4. The summed E-state index contributed by atoms with van der Waals surface area (Å²) >= 11 is 1.73. The summed E-state index contributed by atoms with van der Waals surface area (Å²) in [6.07, 6.45) is 1.79. The highest BCUT2D eigenvalue weighted by Gasteiger charge is 2.04. The molecule has 0 amide bonds. The van der Waals surface area contributed by atoms with Gasteiger partial charge in [-0.05, 0) is 28.8 Å². The Morgan fingerprint density at radius 1 is 1.22 bits per heavy atom. The molecule has 3 rings (SSSR count). The number of aromatic nitrogens is 2. The molecular weight excluding hydrogens is 242 g/mol. The van der Waals surface area contributed by atoms with Crippen LogP contribution in [0.4, 0.5) is 5.82 Å². The minimum absolute atomic E-state index is 0.790. The molecule has 2 aromatic heterocycles. The number of fused-ring (bicyclic) bond motifs is 1. The summed E-state index contributed by atoms with van der Waals surface area (Å²) in [5.74, 6) is 0.846. The van der Waals surface area contributed by atoms with Crippen LogP contribution in [0.3, 0.4) is 0 Å². The van der Waals surface area contributed by atoms with Gasteiger partial charge in [0.1, 0.15) is 0 Å². The molecule has 1 aromatic carbocycles. The first kappa shape index (κ1) is 11.2. The molecule has 1 N–H and O–H groups in total. The van der Waals surface area contributed by atoms with Crippen molar-refractivity contribution >= 4 is 27.9 Å². The lowest BCUT2D eigenvalue weighted by Gasteiger charge is -2.07. The third kappa shape index (κ3) is 2.07. The number of nitrogens with one attached hydrogen (secondary N) is 1. The van der Waals surface area contributed by atoms with Crippen LogP contribution in [0.2, 0.25) is 0 Å². The van der Waals surface area contributed by atoms with Gasteiger partial charge < -0.3 is 5.32 Å². The van der Waals surface area contributed by atoms with Gasteiger partial charge in [0.15, 0.2) is 5.82 Å². The lowest BCUT2D eigenvalue weighted by Crippen LogP contribution is -2.03. The van der Waals surface area contributed by atoms with Crippen molar-refractivity contribution in [2.45, 2.75) is 13.5 Å². The number of rotatable bonds is 3. The number of aryl methyl sites for hydroxylation is 1. The summed E-state index contributed by atoms with van der Waals surface area (Å²) in [7, 11) is 0. The quantitative estimate of drug-likeness (QED) is 0.777. The van der Waals surface area contributed by atoms with E-state index in [9.17, 15) is 0 Å². The van der Waals surface area contributed by atoms with Crippen LogP contribution < -0.4 is 5.32 Å². The van der Waals surface area contributed by atoms with Crippen molar-refractivity contribution < 1.29 is 0 Å². The Kier molecular flexibility index (Phi) is 2.94. The van der Waals surface area contributed by atoms with Crippen molar-refractivity contribution in [1.29, 1.82) is 0 Å².